The van der Waals surface area contributed by atoms with Crippen LogP contribution in [0.3, 0.4) is 0 Å². The number of amides is 5. The average Bonchev–Trinajstić information content (AvgIpc) is 3.15. The number of hydrogen-bond donors (Lipinski definition) is 17. The molecule has 5 amide bonds. The summed E-state index contributed by atoms with van der Waals surface area (Å²) in [4.78, 5) is 141. The van der Waals surface area contributed by atoms with Gasteiger partial charge in [-0.15, -0.1) is 0 Å². The number of carbonyl (C=O) groups excluding carboxylic acids is 6. The molecule has 0 saturated heterocycles. The molecule has 0 bridgehead atoms. The van der Waals surface area contributed by atoms with Gasteiger partial charge in [0.1, 0.15) is 42.0 Å². The Labute approximate surface area is 339 Å². The van der Waals surface area contributed by atoms with Crippen LogP contribution >= 0.6 is 0 Å². The lowest BCUT2D eigenvalue weighted by molar-refractivity contribution is -0.144. The van der Waals surface area contributed by atoms with Crippen molar-refractivity contribution in [2.75, 3.05) is 0 Å². The quantitative estimate of drug-likeness (QED) is 0.0211. The molecule has 0 radical (unpaired) electrons. The molecule has 0 rings (SSSR count). The third-order valence-corrected chi connectivity index (χ3v) is 7.98. The molecule has 0 aromatic carbocycles. The predicted octanol–water partition coefficient (Wildman–Crippen LogP) is -5.96. The molecule has 0 spiro atoms. The van der Waals surface area contributed by atoms with E-state index in [4.69, 9.17) is 10.9 Å². The van der Waals surface area contributed by atoms with Crippen LogP contribution in [0.4, 0.5) is 0 Å². The van der Waals surface area contributed by atoms with Crippen molar-refractivity contribution in [2.24, 2.45) is 5.84 Å². The van der Waals surface area contributed by atoms with E-state index in [1.807, 2.05) is 10.9 Å². The Kier molecular flexibility index (Phi) is 25.8. The van der Waals surface area contributed by atoms with Gasteiger partial charge in [0.2, 0.25) is 29.5 Å². The van der Waals surface area contributed by atoms with Gasteiger partial charge in [0.25, 0.3) is 0 Å². The molecule has 0 aromatic heterocycles. The first-order valence-electron chi connectivity index (χ1n) is 17.9. The van der Waals surface area contributed by atoms with Crippen molar-refractivity contribution >= 4 is 71.1 Å². The fraction of sp³-hybridized carbons (Fsp3) is 0.613. The number of rotatable bonds is 34. The summed E-state index contributed by atoms with van der Waals surface area (Å²) < 4.78 is 0. The van der Waals surface area contributed by atoms with Gasteiger partial charge >= 0.3 is 35.8 Å². The van der Waals surface area contributed by atoms with E-state index in [1.54, 1.807) is 0 Å². The Bertz CT molecular complexity index is 1560. The second-order valence-electron chi connectivity index (χ2n) is 12.8. The second-order valence-corrected chi connectivity index (χ2v) is 12.8. The fourth-order valence-corrected chi connectivity index (χ4v) is 4.60. The van der Waals surface area contributed by atoms with Crippen molar-refractivity contribution in [3.05, 3.63) is 0 Å². The van der Waals surface area contributed by atoms with Crippen molar-refractivity contribution < 1.29 is 88.2 Å². The summed E-state index contributed by atoms with van der Waals surface area (Å²) in [5, 5.41) is 62.3. The van der Waals surface area contributed by atoms with E-state index in [-0.39, 0.29) is 31.5 Å². The third kappa shape index (κ3) is 24.4. The maximum atomic E-state index is 12.4. The van der Waals surface area contributed by atoms with Gasteiger partial charge in [0.15, 0.2) is 0 Å². The Morgan fingerprint density at radius 2 is 0.633 bits per heavy atom. The van der Waals surface area contributed by atoms with Crippen LogP contribution in [0.1, 0.15) is 84.0 Å². The molecule has 338 valence electrons. The van der Waals surface area contributed by atoms with E-state index in [0.717, 1.165) is 0 Å². The van der Waals surface area contributed by atoms with E-state index in [1.165, 1.54) is 6.92 Å². The minimum absolute atomic E-state index is 0.126. The minimum Gasteiger partial charge on any atom is -0.480 e. The number of carbonyl (C=O) groups is 12. The smallest absolute Gasteiger partial charge is 0.326 e. The highest BCUT2D eigenvalue weighted by atomic mass is 16.4. The van der Waals surface area contributed by atoms with Gasteiger partial charge in [0.05, 0.1) is 0 Å². The zero-order valence-corrected chi connectivity index (χ0v) is 32.1. The molecule has 60 heavy (non-hydrogen) atoms. The van der Waals surface area contributed by atoms with E-state index in [9.17, 15) is 83.1 Å². The third-order valence-electron chi connectivity index (χ3n) is 7.98. The Balaban J connectivity index is 4.81. The number of hydrogen-bond acceptors (Lipinski definition) is 18. The van der Waals surface area contributed by atoms with Crippen molar-refractivity contribution in [3.63, 3.8) is 0 Å². The maximum Gasteiger partial charge on any atom is 0.326 e. The van der Waals surface area contributed by atoms with Crippen LogP contribution in [0.15, 0.2) is 0 Å². The number of hydrazine groups is 5. The lowest BCUT2D eigenvalue weighted by atomic mass is 10.1. The highest BCUT2D eigenvalue weighted by Crippen LogP contribution is 2.06. The van der Waals surface area contributed by atoms with E-state index in [0.29, 0.717) is 0 Å². The van der Waals surface area contributed by atoms with Gasteiger partial charge in [-0.3, -0.25) is 55.1 Å². The summed E-state index contributed by atoms with van der Waals surface area (Å²) in [6.45, 7) is 1.23. The number of carboxylic acids is 6. The number of carboxylic acid groups (broad SMARTS) is 6. The van der Waals surface area contributed by atoms with Crippen molar-refractivity contribution in [3.8, 4) is 0 Å². The van der Waals surface area contributed by atoms with E-state index < -0.39 is 153 Å². The largest absolute Gasteiger partial charge is 0.480 e. The standard InChI is InChI=1S/C31H51N11O18/c1-14(43)2-3-15(26(49)50)33-21(44)9-4-16(27(51)52)34-22(45)10-7-19(30(57)58)37-41-39-24(47)12-5-17(28(53)54)35-23(46)11-8-20(31(59)60)38-42-40-25(48)13-6-18(36-32)29(55)56/h15-20,36-38,41-42H,2-13,32H2,1H3,(H,33,44)(H,34,45)(H,35,46)(H,39,47)(H,40,48)(H,49,50)(H,51,52)(H,53,54)(H,55,56)(H,57,58)(H,59,60). The molecular weight excluding hydrogens is 814 g/mol. The van der Waals surface area contributed by atoms with Crippen molar-refractivity contribution in [1.29, 1.82) is 0 Å². The second kappa shape index (κ2) is 28.9. The van der Waals surface area contributed by atoms with Crippen LogP contribution in [-0.2, 0) is 57.5 Å². The molecule has 0 fully saturated rings. The monoisotopic (exact) mass is 865 g/mol. The van der Waals surface area contributed by atoms with Crippen LogP contribution in [0.25, 0.3) is 0 Å². The molecule has 0 aliphatic rings. The Hall–Kier alpha value is -6.40. The summed E-state index contributed by atoms with van der Waals surface area (Å²) in [6, 6.07) is -8.90. The summed E-state index contributed by atoms with van der Waals surface area (Å²) in [6.07, 6.45) is -4.85. The number of aliphatic carboxylic acids is 6. The molecule has 0 aliphatic heterocycles. The van der Waals surface area contributed by atoms with Gasteiger partial charge in [0, 0.05) is 38.5 Å². The average molecular weight is 866 g/mol. The molecule has 0 heterocycles. The summed E-state index contributed by atoms with van der Waals surface area (Å²) in [7, 11) is 0. The van der Waals surface area contributed by atoms with Crippen molar-refractivity contribution in [2.45, 2.75) is 120 Å². The van der Waals surface area contributed by atoms with Crippen molar-refractivity contribution in [1.82, 2.24) is 54.1 Å². The van der Waals surface area contributed by atoms with Crippen LogP contribution in [0.2, 0.25) is 0 Å². The number of nitrogens with one attached hydrogen (secondary N) is 10. The molecule has 0 aliphatic carbocycles. The number of ketones is 1. The molecular formula is C31H51N11O18. The topological polar surface area (TPSA) is 473 Å². The zero-order valence-electron chi connectivity index (χ0n) is 32.1. The van der Waals surface area contributed by atoms with Gasteiger partial charge in [-0.05, 0) is 45.4 Å². The van der Waals surface area contributed by atoms with Gasteiger partial charge < -0.3 is 51.4 Å². The maximum absolute atomic E-state index is 12.4. The van der Waals surface area contributed by atoms with Crippen LogP contribution < -0.4 is 60.0 Å². The molecule has 29 heteroatoms. The van der Waals surface area contributed by atoms with Crippen LogP contribution in [-0.4, -0.2) is 138 Å². The van der Waals surface area contributed by atoms with Gasteiger partial charge in [-0.25, -0.2) is 30.7 Å². The number of Topliss-reactive ketones (excluding diaryl/α,β-unsaturated/α-hetero) is 1. The lowest BCUT2D eigenvalue weighted by Crippen LogP contribution is -2.54. The van der Waals surface area contributed by atoms with E-state index >= 15 is 0 Å². The molecule has 18 N–H and O–H groups in total. The molecule has 0 saturated carbocycles. The first-order chi connectivity index (χ1) is 28.1. The van der Waals surface area contributed by atoms with Crippen LogP contribution in [0, 0.1) is 0 Å². The summed E-state index contributed by atoms with van der Waals surface area (Å²) in [5.74, 6) is -8.40. The lowest BCUT2D eigenvalue weighted by Gasteiger charge is -2.19. The zero-order chi connectivity index (χ0) is 45.9. The molecule has 6 unspecified atom stereocenters. The first-order valence-corrected chi connectivity index (χ1v) is 17.9. The first kappa shape index (κ1) is 53.6. The highest BCUT2D eigenvalue weighted by Gasteiger charge is 2.27. The minimum atomic E-state index is -1.63. The molecule has 29 nitrogen and oxygen atoms in total. The molecule has 0 aromatic rings. The Morgan fingerprint density at radius 3 is 0.900 bits per heavy atom. The predicted molar refractivity (Wildman–Crippen MR) is 195 cm³/mol. The number of nitrogens with two attached hydrogens (primary N) is 1. The van der Waals surface area contributed by atoms with E-state index in [2.05, 4.69) is 43.3 Å². The SMILES string of the molecule is CC(=O)CCC(NC(=O)CCC(NC(=O)CCC(NNNC(=O)CCC(NC(=O)CCC(NNNC(=O)CCC(NN)C(=O)O)C(=O)O)C(=O)O)C(=O)O)C(=O)O)C(=O)O. The summed E-state index contributed by atoms with van der Waals surface area (Å²) >= 11 is 0. The van der Waals surface area contributed by atoms with Crippen LogP contribution in [0.5, 0.6) is 0 Å². The summed E-state index contributed by atoms with van der Waals surface area (Å²) in [5.41, 5.74) is 14.7. The van der Waals surface area contributed by atoms with Gasteiger partial charge in [-0.1, -0.05) is 0 Å². The Morgan fingerprint density at radius 1 is 0.383 bits per heavy atom. The highest BCUT2D eigenvalue weighted by molar-refractivity contribution is 5.87. The fourth-order valence-electron chi connectivity index (χ4n) is 4.60. The van der Waals surface area contributed by atoms with Gasteiger partial charge in [-0.2, -0.15) is 11.1 Å². The molecule has 6 atom stereocenters. The normalized spacial score (nSPS) is 13.8.